The van der Waals surface area contributed by atoms with Gasteiger partial charge < -0.3 is 0 Å². The summed E-state index contributed by atoms with van der Waals surface area (Å²) >= 11 is 5.90. The van der Waals surface area contributed by atoms with E-state index in [1.165, 1.54) is 22.0 Å². The Balaban J connectivity index is 1.84. The van der Waals surface area contributed by atoms with Gasteiger partial charge in [-0.1, -0.05) is 17.7 Å². The molecule has 0 radical (unpaired) electrons. The van der Waals surface area contributed by atoms with Gasteiger partial charge in [0.2, 0.25) is 0 Å². The maximum absolute atomic E-state index is 12.6. The molecule has 2 N–H and O–H groups in total. The van der Waals surface area contributed by atoms with E-state index in [1.807, 2.05) is 32.0 Å². The first-order valence-electron chi connectivity index (χ1n) is 7.89. The smallest absolute Gasteiger partial charge is 0.280 e. The second kappa shape index (κ2) is 6.99. The van der Waals surface area contributed by atoms with Crippen LogP contribution in [0.4, 0.5) is 5.69 Å². The van der Waals surface area contributed by atoms with E-state index in [1.54, 1.807) is 24.3 Å². The molecule has 0 fully saturated rings. The molecular formula is C19H19ClN4O. The summed E-state index contributed by atoms with van der Waals surface area (Å²) < 4.78 is 1.48. The van der Waals surface area contributed by atoms with E-state index in [4.69, 9.17) is 11.6 Å². The van der Waals surface area contributed by atoms with Gasteiger partial charge in [0.1, 0.15) is 0 Å². The molecule has 1 heterocycles. The Hall–Kier alpha value is -2.79. The summed E-state index contributed by atoms with van der Waals surface area (Å²) in [6, 6.07) is 13.1. The lowest BCUT2D eigenvalue weighted by atomic mass is 10.1. The van der Waals surface area contributed by atoms with Crippen molar-refractivity contribution in [3.8, 4) is 5.69 Å². The SMILES string of the molecule is Cc1ccc(N/N=C\c2c(C)[nH]n(-c3ccc(Cl)cc3)c2=O)cc1C. The summed E-state index contributed by atoms with van der Waals surface area (Å²) in [6.07, 6.45) is 1.54. The third-order valence-corrected chi connectivity index (χ3v) is 4.35. The molecule has 0 saturated carbocycles. The van der Waals surface area contributed by atoms with Gasteiger partial charge in [0.05, 0.1) is 23.2 Å². The van der Waals surface area contributed by atoms with Gasteiger partial charge in [-0.05, 0) is 68.3 Å². The molecule has 0 atom stereocenters. The Kier molecular flexibility index (Phi) is 4.76. The Morgan fingerprint density at radius 3 is 2.48 bits per heavy atom. The van der Waals surface area contributed by atoms with Crippen LogP contribution in [0.3, 0.4) is 0 Å². The molecule has 1 aromatic heterocycles. The van der Waals surface area contributed by atoms with Gasteiger partial charge in [-0.15, -0.1) is 0 Å². The van der Waals surface area contributed by atoms with Gasteiger partial charge >= 0.3 is 0 Å². The van der Waals surface area contributed by atoms with Gasteiger partial charge in [0.25, 0.3) is 5.56 Å². The van der Waals surface area contributed by atoms with Crippen LogP contribution in [0.5, 0.6) is 0 Å². The number of hydrazone groups is 1. The van der Waals surface area contributed by atoms with E-state index in [0.29, 0.717) is 10.6 Å². The number of nitrogens with one attached hydrogen (secondary N) is 2. The van der Waals surface area contributed by atoms with E-state index in [0.717, 1.165) is 17.1 Å². The standard InChI is InChI=1S/C19H19ClN4O/c1-12-4-7-16(10-13(12)2)22-21-11-18-14(3)23-24(19(18)25)17-8-5-15(20)6-9-17/h4-11,22-23H,1-3H3/b21-11-. The molecule has 25 heavy (non-hydrogen) atoms. The monoisotopic (exact) mass is 354 g/mol. The number of hydrogen-bond donors (Lipinski definition) is 2. The highest BCUT2D eigenvalue weighted by Gasteiger charge is 2.10. The molecule has 0 spiro atoms. The molecule has 128 valence electrons. The minimum absolute atomic E-state index is 0.162. The number of aryl methyl sites for hydroxylation is 3. The highest BCUT2D eigenvalue weighted by atomic mass is 35.5. The minimum Gasteiger partial charge on any atom is -0.295 e. The Morgan fingerprint density at radius 1 is 1.08 bits per heavy atom. The highest BCUT2D eigenvalue weighted by molar-refractivity contribution is 6.30. The summed E-state index contributed by atoms with van der Waals surface area (Å²) in [4.78, 5) is 12.6. The quantitative estimate of drug-likeness (QED) is 0.545. The fourth-order valence-electron chi connectivity index (χ4n) is 2.47. The van der Waals surface area contributed by atoms with E-state index in [9.17, 15) is 4.79 Å². The summed E-state index contributed by atoms with van der Waals surface area (Å²) in [5.41, 5.74) is 8.06. The fourth-order valence-corrected chi connectivity index (χ4v) is 2.59. The zero-order valence-electron chi connectivity index (χ0n) is 14.3. The van der Waals surface area contributed by atoms with Crippen LogP contribution in [0.1, 0.15) is 22.4 Å². The largest absolute Gasteiger partial charge is 0.295 e. The summed E-state index contributed by atoms with van der Waals surface area (Å²) in [7, 11) is 0. The number of H-pyrrole nitrogens is 1. The van der Waals surface area contributed by atoms with Crippen molar-refractivity contribution < 1.29 is 0 Å². The van der Waals surface area contributed by atoms with Gasteiger partial charge in [0.15, 0.2) is 0 Å². The molecule has 0 aliphatic carbocycles. The average molecular weight is 355 g/mol. The molecule has 0 aliphatic heterocycles. The van der Waals surface area contributed by atoms with Crippen molar-refractivity contribution in [1.29, 1.82) is 0 Å². The van der Waals surface area contributed by atoms with Crippen molar-refractivity contribution in [3.05, 3.63) is 80.2 Å². The van der Waals surface area contributed by atoms with Crippen molar-refractivity contribution in [3.63, 3.8) is 0 Å². The van der Waals surface area contributed by atoms with Crippen molar-refractivity contribution in [2.75, 3.05) is 5.43 Å². The number of nitrogens with zero attached hydrogens (tertiary/aromatic N) is 2. The molecule has 0 saturated heterocycles. The van der Waals surface area contributed by atoms with Crippen molar-refractivity contribution >= 4 is 23.5 Å². The van der Waals surface area contributed by atoms with E-state index < -0.39 is 0 Å². The first-order chi connectivity index (χ1) is 12.0. The van der Waals surface area contributed by atoms with Crippen LogP contribution >= 0.6 is 11.6 Å². The van der Waals surface area contributed by atoms with E-state index >= 15 is 0 Å². The maximum atomic E-state index is 12.6. The predicted octanol–water partition coefficient (Wildman–Crippen LogP) is 4.19. The second-order valence-electron chi connectivity index (χ2n) is 5.94. The van der Waals surface area contributed by atoms with E-state index in [-0.39, 0.29) is 5.56 Å². The molecule has 2 aromatic carbocycles. The third kappa shape index (κ3) is 3.67. The molecule has 3 rings (SSSR count). The summed E-state index contributed by atoms with van der Waals surface area (Å²) in [5.74, 6) is 0. The molecule has 3 aromatic rings. The Bertz CT molecular complexity index is 984. The van der Waals surface area contributed by atoms with Crippen LogP contribution < -0.4 is 11.0 Å². The van der Waals surface area contributed by atoms with Crippen molar-refractivity contribution in [2.24, 2.45) is 5.10 Å². The van der Waals surface area contributed by atoms with Crippen LogP contribution in [-0.2, 0) is 0 Å². The number of halogens is 1. The van der Waals surface area contributed by atoms with Crippen LogP contribution in [0.2, 0.25) is 5.02 Å². The Morgan fingerprint density at radius 2 is 1.80 bits per heavy atom. The number of aromatic nitrogens is 2. The summed E-state index contributed by atoms with van der Waals surface area (Å²) in [6.45, 7) is 5.95. The topological polar surface area (TPSA) is 62.2 Å². The number of aromatic amines is 1. The molecule has 0 bridgehead atoms. The first-order valence-corrected chi connectivity index (χ1v) is 8.27. The predicted molar refractivity (Wildman–Crippen MR) is 103 cm³/mol. The van der Waals surface area contributed by atoms with Crippen LogP contribution in [-0.4, -0.2) is 16.0 Å². The highest BCUT2D eigenvalue weighted by Crippen LogP contribution is 2.14. The normalized spacial score (nSPS) is 11.2. The van der Waals surface area contributed by atoms with Crippen LogP contribution in [0, 0.1) is 20.8 Å². The maximum Gasteiger partial charge on any atom is 0.280 e. The zero-order chi connectivity index (χ0) is 18.0. The summed E-state index contributed by atoms with van der Waals surface area (Å²) in [5, 5.41) is 7.88. The third-order valence-electron chi connectivity index (χ3n) is 4.10. The number of benzene rings is 2. The number of rotatable bonds is 4. The number of hydrogen-bond acceptors (Lipinski definition) is 3. The van der Waals surface area contributed by atoms with Crippen LogP contribution in [0.15, 0.2) is 52.4 Å². The van der Waals surface area contributed by atoms with Gasteiger partial charge in [-0.25, -0.2) is 4.68 Å². The molecule has 0 unspecified atom stereocenters. The Labute approximate surface area is 150 Å². The lowest BCUT2D eigenvalue weighted by molar-refractivity contribution is 0.835. The molecule has 0 amide bonds. The van der Waals surface area contributed by atoms with Gasteiger partial charge in [0, 0.05) is 10.7 Å². The molecule has 5 nitrogen and oxygen atoms in total. The fraction of sp³-hybridized carbons (Fsp3) is 0.158. The second-order valence-corrected chi connectivity index (χ2v) is 6.37. The molecular weight excluding hydrogens is 336 g/mol. The molecule has 6 heteroatoms. The van der Waals surface area contributed by atoms with Crippen molar-refractivity contribution in [2.45, 2.75) is 20.8 Å². The average Bonchev–Trinajstić information content (AvgIpc) is 2.87. The number of anilines is 1. The van der Waals surface area contributed by atoms with Crippen molar-refractivity contribution in [1.82, 2.24) is 9.78 Å². The van der Waals surface area contributed by atoms with Gasteiger partial charge in [-0.3, -0.25) is 15.3 Å². The lowest BCUT2D eigenvalue weighted by Crippen LogP contribution is -2.17. The van der Waals surface area contributed by atoms with E-state index in [2.05, 4.69) is 22.5 Å². The minimum atomic E-state index is -0.162. The van der Waals surface area contributed by atoms with Crippen LogP contribution in [0.25, 0.3) is 5.69 Å². The molecule has 0 aliphatic rings. The van der Waals surface area contributed by atoms with Gasteiger partial charge in [-0.2, -0.15) is 5.10 Å². The first kappa shape index (κ1) is 17.0. The lowest BCUT2D eigenvalue weighted by Gasteiger charge is -2.03. The zero-order valence-corrected chi connectivity index (χ0v) is 15.1.